The first-order chi connectivity index (χ1) is 19.9. The largest absolute Gasteiger partial charge is 0.489 e. The summed E-state index contributed by atoms with van der Waals surface area (Å²) < 4.78 is 24.2. The number of carbonyl (C=O) groups is 1. The van der Waals surface area contributed by atoms with Crippen LogP contribution in [0.2, 0.25) is 0 Å². The van der Waals surface area contributed by atoms with Crippen LogP contribution >= 0.6 is 15.9 Å². The molecule has 1 aliphatic rings. The van der Waals surface area contributed by atoms with Crippen LogP contribution in [0.15, 0.2) is 111 Å². The third-order valence-electron chi connectivity index (χ3n) is 6.92. The summed E-state index contributed by atoms with van der Waals surface area (Å²) in [5.41, 5.74) is 10.3. The normalized spacial score (nSPS) is 14.2. The molecule has 0 radical (unpaired) electrons. The van der Waals surface area contributed by atoms with E-state index in [0.29, 0.717) is 34.8 Å². The molecule has 41 heavy (non-hydrogen) atoms. The van der Waals surface area contributed by atoms with Crippen LogP contribution in [-0.4, -0.2) is 5.97 Å². The summed E-state index contributed by atoms with van der Waals surface area (Å²) in [6, 6.07) is 30.2. The molecule has 1 aromatic heterocycles. The molecule has 1 aliphatic heterocycles. The number of nitriles is 1. The van der Waals surface area contributed by atoms with E-state index < -0.39 is 11.9 Å². The van der Waals surface area contributed by atoms with Crippen LogP contribution < -0.4 is 19.9 Å². The molecular formula is C33H23BrN2O5. The minimum atomic E-state index is -0.633. The van der Waals surface area contributed by atoms with Crippen LogP contribution in [0.5, 0.6) is 17.2 Å². The molecule has 0 saturated carbocycles. The van der Waals surface area contributed by atoms with Crippen molar-refractivity contribution in [1.29, 1.82) is 5.26 Å². The van der Waals surface area contributed by atoms with Crippen molar-refractivity contribution in [2.24, 2.45) is 5.73 Å². The number of benzene rings is 4. The molecule has 0 fully saturated rings. The van der Waals surface area contributed by atoms with E-state index in [2.05, 4.69) is 22.0 Å². The number of ether oxygens (including phenoxy) is 3. The standard InChI is InChI=1S/C33H23BrN2O5/c1-19-26-15-22(34)10-13-28(26)40-31(19)33(37)39-24-11-12-25-29(16-24)41-32(36)27(17-35)30(25)21-8-5-9-23(14-21)38-18-20-6-3-2-4-7-20/h2-16,30H,18,36H2,1H3. The highest BCUT2D eigenvalue weighted by Gasteiger charge is 2.31. The van der Waals surface area contributed by atoms with Crippen molar-refractivity contribution in [2.45, 2.75) is 19.4 Å². The maximum absolute atomic E-state index is 13.0. The fourth-order valence-corrected chi connectivity index (χ4v) is 5.27. The van der Waals surface area contributed by atoms with Gasteiger partial charge in [0.25, 0.3) is 0 Å². The maximum Gasteiger partial charge on any atom is 0.379 e. The Kier molecular flexibility index (Phi) is 6.96. The number of nitrogens with zero attached hydrogens (tertiary/aromatic N) is 1. The number of hydrogen-bond donors (Lipinski definition) is 1. The zero-order chi connectivity index (χ0) is 28.5. The average Bonchev–Trinajstić information content (AvgIpc) is 3.31. The first-order valence-electron chi connectivity index (χ1n) is 12.8. The molecule has 7 nitrogen and oxygen atoms in total. The van der Waals surface area contributed by atoms with Crippen molar-refractivity contribution < 1.29 is 23.4 Å². The number of hydrogen-bond acceptors (Lipinski definition) is 7. The predicted molar refractivity (Wildman–Crippen MR) is 157 cm³/mol. The highest BCUT2D eigenvalue weighted by atomic mass is 79.9. The van der Waals surface area contributed by atoms with Gasteiger partial charge in [0.05, 0.1) is 5.92 Å². The lowest BCUT2D eigenvalue weighted by molar-refractivity contribution is 0.0702. The Labute approximate surface area is 244 Å². The van der Waals surface area contributed by atoms with Gasteiger partial charge in [0.1, 0.15) is 41.1 Å². The minimum absolute atomic E-state index is 0.0113. The highest BCUT2D eigenvalue weighted by Crippen LogP contribution is 2.44. The van der Waals surface area contributed by atoms with Gasteiger partial charge in [-0.1, -0.05) is 64.5 Å². The number of halogens is 1. The SMILES string of the molecule is Cc1c(C(=O)Oc2ccc3c(c2)OC(N)=C(C#N)C3c2cccc(OCc3ccccc3)c2)oc2ccc(Br)cc12. The van der Waals surface area contributed by atoms with Crippen molar-refractivity contribution in [3.05, 3.63) is 135 Å². The molecule has 0 aliphatic carbocycles. The van der Waals surface area contributed by atoms with Crippen molar-refractivity contribution in [2.75, 3.05) is 0 Å². The lowest BCUT2D eigenvalue weighted by atomic mass is 9.83. The number of rotatable bonds is 6. The monoisotopic (exact) mass is 606 g/mol. The van der Waals surface area contributed by atoms with Crippen LogP contribution in [0.25, 0.3) is 11.0 Å². The molecular weight excluding hydrogens is 584 g/mol. The Morgan fingerprint density at radius 3 is 2.63 bits per heavy atom. The zero-order valence-electron chi connectivity index (χ0n) is 21.9. The second-order valence-corrected chi connectivity index (χ2v) is 10.5. The second kappa shape index (κ2) is 10.9. The first kappa shape index (κ1) is 26.2. The molecule has 5 aromatic rings. The van der Waals surface area contributed by atoms with E-state index in [1.165, 1.54) is 0 Å². The first-order valence-corrected chi connectivity index (χ1v) is 13.6. The van der Waals surface area contributed by atoms with Gasteiger partial charge in [-0.3, -0.25) is 0 Å². The molecule has 6 rings (SSSR count). The van der Waals surface area contributed by atoms with E-state index >= 15 is 0 Å². The van der Waals surface area contributed by atoms with Crippen LogP contribution in [0.1, 0.15) is 38.7 Å². The van der Waals surface area contributed by atoms with Gasteiger partial charge in [0.15, 0.2) is 0 Å². The molecule has 1 atom stereocenters. The molecule has 0 bridgehead atoms. The molecule has 0 saturated heterocycles. The van der Waals surface area contributed by atoms with Gasteiger partial charge in [0.2, 0.25) is 11.6 Å². The summed E-state index contributed by atoms with van der Waals surface area (Å²) in [6.07, 6.45) is 0. The maximum atomic E-state index is 13.0. The Morgan fingerprint density at radius 2 is 1.83 bits per heavy atom. The fourth-order valence-electron chi connectivity index (χ4n) is 4.91. The quantitative estimate of drug-likeness (QED) is 0.157. The Balaban J connectivity index is 1.28. The van der Waals surface area contributed by atoms with E-state index in [1.807, 2.05) is 73.7 Å². The summed E-state index contributed by atoms with van der Waals surface area (Å²) in [6.45, 7) is 2.22. The van der Waals surface area contributed by atoms with Gasteiger partial charge in [-0.2, -0.15) is 5.26 Å². The number of furan rings is 1. The van der Waals surface area contributed by atoms with Gasteiger partial charge in [-0.25, -0.2) is 4.79 Å². The van der Waals surface area contributed by atoms with E-state index in [-0.39, 0.29) is 23.0 Å². The number of esters is 1. The summed E-state index contributed by atoms with van der Waals surface area (Å²) >= 11 is 3.45. The van der Waals surface area contributed by atoms with Crippen LogP contribution in [0.4, 0.5) is 0 Å². The van der Waals surface area contributed by atoms with Gasteiger partial charge in [0, 0.05) is 27.1 Å². The Morgan fingerprint density at radius 1 is 1.00 bits per heavy atom. The molecule has 202 valence electrons. The van der Waals surface area contributed by atoms with Crippen LogP contribution in [-0.2, 0) is 6.61 Å². The summed E-state index contributed by atoms with van der Waals surface area (Å²) in [5, 5.41) is 10.8. The topological polar surface area (TPSA) is 108 Å². The van der Waals surface area contributed by atoms with Crippen molar-refractivity contribution in [1.82, 2.24) is 0 Å². The smallest absolute Gasteiger partial charge is 0.379 e. The predicted octanol–water partition coefficient (Wildman–Crippen LogP) is 7.52. The highest BCUT2D eigenvalue weighted by molar-refractivity contribution is 9.10. The number of nitrogens with two attached hydrogens (primary N) is 1. The van der Waals surface area contributed by atoms with Gasteiger partial charge in [-0.05, 0) is 54.4 Å². The molecule has 8 heteroatoms. The molecule has 1 unspecified atom stereocenters. The van der Waals surface area contributed by atoms with E-state index in [1.54, 1.807) is 24.3 Å². The van der Waals surface area contributed by atoms with Gasteiger partial charge in [-0.15, -0.1) is 0 Å². The summed E-state index contributed by atoms with van der Waals surface area (Å²) in [5.74, 6) is 0.278. The number of aryl methyl sites for hydroxylation is 1. The molecule has 0 amide bonds. The van der Waals surface area contributed by atoms with E-state index in [9.17, 15) is 10.1 Å². The van der Waals surface area contributed by atoms with Crippen LogP contribution in [0, 0.1) is 18.3 Å². The molecule has 4 aromatic carbocycles. The zero-order valence-corrected chi connectivity index (χ0v) is 23.5. The third-order valence-corrected chi connectivity index (χ3v) is 7.42. The summed E-state index contributed by atoms with van der Waals surface area (Å²) in [7, 11) is 0. The van der Waals surface area contributed by atoms with E-state index in [0.717, 1.165) is 21.0 Å². The molecule has 0 spiro atoms. The molecule has 2 N–H and O–H groups in total. The van der Waals surface area contributed by atoms with Gasteiger partial charge >= 0.3 is 5.97 Å². The van der Waals surface area contributed by atoms with Crippen LogP contribution in [0.3, 0.4) is 0 Å². The minimum Gasteiger partial charge on any atom is -0.489 e. The Hall–Kier alpha value is -5.00. The van der Waals surface area contributed by atoms with E-state index in [4.69, 9.17) is 24.4 Å². The number of allylic oxidation sites excluding steroid dienone is 1. The fraction of sp³-hybridized carbons (Fsp3) is 0.0909. The molecule has 2 heterocycles. The van der Waals surface area contributed by atoms with Crippen molar-refractivity contribution >= 4 is 32.9 Å². The number of fused-ring (bicyclic) bond motifs is 2. The third kappa shape index (κ3) is 5.15. The lowest BCUT2D eigenvalue weighted by Crippen LogP contribution is -2.21. The van der Waals surface area contributed by atoms with Crippen molar-refractivity contribution in [3.8, 4) is 23.3 Å². The second-order valence-electron chi connectivity index (χ2n) is 9.56. The Bertz CT molecular complexity index is 1870. The number of carbonyl (C=O) groups excluding carboxylic acids is 1. The lowest BCUT2D eigenvalue weighted by Gasteiger charge is -2.27. The van der Waals surface area contributed by atoms with Gasteiger partial charge < -0.3 is 24.4 Å². The summed E-state index contributed by atoms with van der Waals surface area (Å²) in [4.78, 5) is 13.0. The van der Waals surface area contributed by atoms with Crippen molar-refractivity contribution in [3.63, 3.8) is 0 Å². The average molecular weight is 607 g/mol.